The number of rotatable bonds is 6. The quantitative estimate of drug-likeness (QED) is 0.746. The van der Waals surface area contributed by atoms with Crippen LogP contribution < -0.4 is 5.32 Å². The Labute approximate surface area is 165 Å². The molecule has 1 amide bonds. The van der Waals surface area contributed by atoms with Crippen molar-refractivity contribution < 1.29 is 27.9 Å². The van der Waals surface area contributed by atoms with Gasteiger partial charge in [-0.1, -0.05) is 32.1 Å². The number of halogens is 3. The molecule has 0 saturated heterocycles. The van der Waals surface area contributed by atoms with Gasteiger partial charge in [0.05, 0.1) is 11.9 Å². The maximum Gasteiger partial charge on any atom is 0.434 e. The zero-order chi connectivity index (χ0) is 21.0. The van der Waals surface area contributed by atoms with Gasteiger partial charge in [0, 0.05) is 12.4 Å². The van der Waals surface area contributed by atoms with Gasteiger partial charge in [-0.25, -0.2) is 14.8 Å². The third-order valence-electron chi connectivity index (χ3n) is 5.10. The van der Waals surface area contributed by atoms with Gasteiger partial charge in [0.15, 0.2) is 5.69 Å². The van der Waals surface area contributed by atoms with Gasteiger partial charge in [-0.05, 0) is 24.5 Å². The third kappa shape index (κ3) is 5.33. The maximum atomic E-state index is 12.9. The molecule has 0 bridgehead atoms. The van der Waals surface area contributed by atoms with Crippen molar-refractivity contribution >= 4 is 17.7 Å². The predicted octanol–water partition coefficient (Wildman–Crippen LogP) is 4.15. The number of hydrogen-bond acceptors (Lipinski definition) is 4. The van der Waals surface area contributed by atoms with E-state index in [0.717, 1.165) is 50.8 Å². The Morgan fingerprint density at radius 2 is 1.93 bits per heavy atom. The molecular formula is C19H21F3N4O3. The van der Waals surface area contributed by atoms with Crippen molar-refractivity contribution in [3.63, 3.8) is 0 Å². The minimum Gasteiger partial charge on any atom is -0.478 e. The number of hydrogen-bond donors (Lipinski definition) is 2. The largest absolute Gasteiger partial charge is 0.478 e. The second-order valence-electron chi connectivity index (χ2n) is 7.19. The summed E-state index contributed by atoms with van der Waals surface area (Å²) < 4.78 is 40.0. The number of carboxylic acids is 1. The van der Waals surface area contributed by atoms with Gasteiger partial charge in [-0.15, -0.1) is 0 Å². The van der Waals surface area contributed by atoms with E-state index < -0.39 is 29.8 Å². The van der Waals surface area contributed by atoms with Crippen LogP contribution >= 0.6 is 0 Å². The minimum absolute atomic E-state index is 0.0359. The molecule has 2 heterocycles. The number of nitrogens with zero attached hydrogens (tertiary/aromatic N) is 3. The number of carbonyl (C=O) groups is 2. The van der Waals surface area contributed by atoms with Crippen molar-refractivity contribution in [3.8, 4) is 0 Å². The lowest BCUT2D eigenvalue weighted by Gasteiger charge is -2.26. The number of carboxylic acid groups (broad SMARTS) is 1. The lowest BCUT2D eigenvalue weighted by atomic mass is 9.84. The number of carbonyl (C=O) groups excluding carboxylic acids is 1. The molecule has 29 heavy (non-hydrogen) atoms. The van der Waals surface area contributed by atoms with E-state index in [1.165, 1.54) is 16.7 Å². The maximum absolute atomic E-state index is 12.9. The van der Waals surface area contributed by atoms with E-state index >= 15 is 0 Å². The fourth-order valence-electron chi connectivity index (χ4n) is 3.56. The van der Waals surface area contributed by atoms with E-state index in [4.69, 9.17) is 5.11 Å². The number of pyridine rings is 1. The van der Waals surface area contributed by atoms with Crippen molar-refractivity contribution in [2.75, 3.05) is 5.32 Å². The van der Waals surface area contributed by atoms with Gasteiger partial charge in [-0.3, -0.25) is 4.79 Å². The Bertz CT molecular complexity index is 858. The Hall–Kier alpha value is -2.91. The van der Waals surface area contributed by atoms with E-state index in [9.17, 15) is 22.8 Å². The number of nitrogens with one attached hydrogen (secondary N) is 1. The molecule has 1 fully saturated rings. The molecule has 0 radical (unpaired) electrons. The van der Waals surface area contributed by atoms with Gasteiger partial charge < -0.3 is 15.0 Å². The van der Waals surface area contributed by atoms with Gasteiger partial charge in [0.2, 0.25) is 5.91 Å². The lowest BCUT2D eigenvalue weighted by molar-refractivity contribution is -0.141. The molecule has 2 N–H and O–H groups in total. The summed E-state index contributed by atoms with van der Waals surface area (Å²) in [5, 5.41) is 11.5. The molecule has 7 nitrogen and oxygen atoms in total. The van der Waals surface area contributed by atoms with Crippen molar-refractivity contribution in [2.45, 2.75) is 50.7 Å². The highest BCUT2D eigenvalue weighted by atomic mass is 19.4. The average Bonchev–Trinajstić information content (AvgIpc) is 3.17. The third-order valence-corrected chi connectivity index (χ3v) is 5.10. The summed E-state index contributed by atoms with van der Waals surface area (Å²) in [6.45, 7) is 0. The highest BCUT2D eigenvalue weighted by Gasteiger charge is 2.35. The molecule has 0 spiro atoms. The van der Waals surface area contributed by atoms with E-state index in [1.54, 1.807) is 0 Å². The van der Waals surface area contributed by atoms with E-state index in [0.29, 0.717) is 6.42 Å². The minimum atomic E-state index is -4.59. The lowest BCUT2D eigenvalue weighted by Crippen LogP contribution is -2.28. The van der Waals surface area contributed by atoms with E-state index in [2.05, 4.69) is 15.3 Å². The smallest absolute Gasteiger partial charge is 0.434 e. The van der Waals surface area contributed by atoms with Gasteiger partial charge in [-0.2, -0.15) is 13.2 Å². The van der Waals surface area contributed by atoms with Crippen molar-refractivity contribution in [1.82, 2.24) is 14.5 Å². The van der Waals surface area contributed by atoms with Crippen LogP contribution in [0, 0.1) is 5.92 Å². The van der Waals surface area contributed by atoms with E-state index in [1.807, 2.05) is 0 Å². The molecule has 1 aliphatic rings. The second kappa shape index (κ2) is 8.62. The molecule has 10 heteroatoms. The van der Waals surface area contributed by atoms with Gasteiger partial charge >= 0.3 is 12.1 Å². The number of alkyl halides is 3. The SMILES string of the molecule is O=C(O)c1ccc(NC(=O)C(CC2CCCCC2)n2cnc(C(F)(F)F)c2)nc1. The molecule has 156 valence electrons. The zero-order valence-electron chi connectivity index (χ0n) is 15.5. The van der Waals surface area contributed by atoms with Crippen LogP contribution in [0.25, 0.3) is 0 Å². The number of imidazole rings is 1. The summed E-state index contributed by atoms with van der Waals surface area (Å²) in [5.41, 5.74) is -1.09. The molecule has 3 rings (SSSR count). The van der Waals surface area contributed by atoms with Gasteiger partial charge in [0.25, 0.3) is 0 Å². The number of aromatic nitrogens is 3. The predicted molar refractivity (Wildman–Crippen MR) is 97.3 cm³/mol. The number of amides is 1. The molecule has 0 aromatic carbocycles. The molecule has 2 aromatic rings. The Morgan fingerprint density at radius 3 is 2.48 bits per heavy atom. The van der Waals surface area contributed by atoms with Crippen LogP contribution in [0.2, 0.25) is 0 Å². The first-order chi connectivity index (χ1) is 13.7. The second-order valence-corrected chi connectivity index (χ2v) is 7.19. The Kier molecular flexibility index (Phi) is 6.19. The van der Waals surface area contributed by atoms with Crippen molar-refractivity contribution in [1.29, 1.82) is 0 Å². The Balaban J connectivity index is 1.80. The summed E-state index contributed by atoms with van der Waals surface area (Å²) in [7, 11) is 0. The first kappa shape index (κ1) is 20.8. The molecule has 1 unspecified atom stereocenters. The first-order valence-corrected chi connectivity index (χ1v) is 9.35. The van der Waals surface area contributed by atoms with Crippen LogP contribution in [-0.2, 0) is 11.0 Å². The van der Waals surface area contributed by atoms with Crippen molar-refractivity contribution in [2.24, 2.45) is 5.92 Å². The molecule has 1 aliphatic carbocycles. The average molecular weight is 410 g/mol. The van der Waals surface area contributed by atoms with Crippen LogP contribution in [0.15, 0.2) is 30.9 Å². The van der Waals surface area contributed by atoms with Crippen LogP contribution in [0.3, 0.4) is 0 Å². The van der Waals surface area contributed by atoms with Gasteiger partial charge in [0.1, 0.15) is 11.9 Å². The molecule has 0 aliphatic heterocycles. The summed E-state index contributed by atoms with van der Waals surface area (Å²) >= 11 is 0. The topological polar surface area (TPSA) is 97.1 Å². The fraction of sp³-hybridized carbons (Fsp3) is 0.474. The number of anilines is 1. The highest BCUT2D eigenvalue weighted by molar-refractivity contribution is 5.93. The summed E-state index contributed by atoms with van der Waals surface area (Å²) in [4.78, 5) is 31.1. The summed E-state index contributed by atoms with van der Waals surface area (Å²) in [5.74, 6) is -1.30. The van der Waals surface area contributed by atoms with E-state index in [-0.39, 0.29) is 17.3 Å². The van der Waals surface area contributed by atoms with Crippen LogP contribution in [0.1, 0.15) is 60.6 Å². The molecule has 1 saturated carbocycles. The van der Waals surface area contributed by atoms with Crippen LogP contribution in [-0.4, -0.2) is 31.5 Å². The summed E-state index contributed by atoms with van der Waals surface area (Å²) in [6.07, 6.45) is 3.82. The summed E-state index contributed by atoms with van der Waals surface area (Å²) in [6, 6.07) is 1.76. The van der Waals surface area contributed by atoms with Crippen LogP contribution in [0.4, 0.5) is 19.0 Å². The van der Waals surface area contributed by atoms with Crippen molar-refractivity contribution in [3.05, 3.63) is 42.1 Å². The van der Waals surface area contributed by atoms with Crippen LogP contribution in [0.5, 0.6) is 0 Å². The Morgan fingerprint density at radius 1 is 1.21 bits per heavy atom. The zero-order valence-corrected chi connectivity index (χ0v) is 15.5. The number of aromatic carboxylic acids is 1. The fourth-order valence-corrected chi connectivity index (χ4v) is 3.56. The molecule has 2 aromatic heterocycles. The molecule has 1 atom stereocenters. The monoisotopic (exact) mass is 410 g/mol. The molecular weight excluding hydrogens is 389 g/mol. The standard InChI is InChI=1S/C19H21F3N4O3/c20-19(21,22)15-10-26(11-24-15)14(8-12-4-2-1-3-5-12)17(27)25-16-7-6-13(9-23-16)18(28)29/h6-7,9-12,14H,1-5,8H2,(H,28,29)(H,23,25,27). The normalized spacial score (nSPS) is 16.4. The first-order valence-electron chi connectivity index (χ1n) is 9.35. The highest BCUT2D eigenvalue weighted by Crippen LogP contribution is 2.33.